The smallest absolute Gasteiger partial charge is 0.219 e. The second-order valence-electron chi connectivity index (χ2n) is 5.14. The van der Waals surface area contributed by atoms with E-state index in [1.165, 1.54) is 0 Å². The van der Waals surface area contributed by atoms with Crippen molar-refractivity contribution in [2.24, 2.45) is 0 Å². The van der Waals surface area contributed by atoms with Crippen molar-refractivity contribution in [2.75, 3.05) is 0 Å². The molecule has 1 aromatic heterocycles. The Morgan fingerprint density at radius 2 is 1.50 bits per heavy atom. The van der Waals surface area contributed by atoms with Gasteiger partial charge in [-0.25, -0.2) is 4.98 Å². The topological polar surface area (TPSA) is 28.7 Å². The highest BCUT2D eigenvalue weighted by molar-refractivity contribution is 5.96. The number of halogens is 1. The highest BCUT2D eigenvalue weighted by atomic mass is 19.1. The van der Waals surface area contributed by atoms with Gasteiger partial charge in [0.15, 0.2) is 0 Å². The van der Waals surface area contributed by atoms with Gasteiger partial charge in [-0.1, -0.05) is 72.8 Å². The van der Waals surface area contributed by atoms with E-state index in [0.717, 1.165) is 21.9 Å². The Bertz CT molecular complexity index is 937. The summed E-state index contributed by atoms with van der Waals surface area (Å²) in [6.07, 6.45) is 0. The highest BCUT2D eigenvalue weighted by Crippen LogP contribution is 2.30. The van der Waals surface area contributed by atoms with Gasteiger partial charge < -0.3 is 4.98 Å². The van der Waals surface area contributed by atoms with E-state index in [4.69, 9.17) is 0 Å². The van der Waals surface area contributed by atoms with Crippen LogP contribution in [0.2, 0.25) is 0 Å². The maximum atomic E-state index is 14.4. The van der Waals surface area contributed by atoms with Gasteiger partial charge in [0.25, 0.3) is 0 Å². The Labute approximate surface area is 127 Å². The summed E-state index contributed by atoms with van der Waals surface area (Å²) in [5.41, 5.74) is 2.03. The van der Waals surface area contributed by atoms with E-state index in [9.17, 15) is 4.39 Å². The van der Waals surface area contributed by atoms with E-state index in [0.29, 0.717) is 11.5 Å². The molecule has 0 aliphatic carbocycles. The minimum absolute atomic E-state index is 0.357. The molecule has 0 spiro atoms. The van der Waals surface area contributed by atoms with Crippen molar-refractivity contribution < 1.29 is 4.39 Å². The standard InChI is InChI=1S/C19H13FN2/c20-18-17(21-19(22-18)14-8-2-1-3-9-14)16-12-6-10-13-7-4-5-11-15(13)16/h1-12H,(H,21,22). The number of nitrogens with zero attached hydrogens (tertiary/aromatic N) is 1. The van der Waals surface area contributed by atoms with Gasteiger partial charge in [0, 0.05) is 11.1 Å². The summed E-state index contributed by atoms with van der Waals surface area (Å²) in [4.78, 5) is 7.22. The second-order valence-corrected chi connectivity index (χ2v) is 5.14. The largest absolute Gasteiger partial charge is 0.314 e. The Morgan fingerprint density at radius 3 is 2.36 bits per heavy atom. The average molecular weight is 288 g/mol. The van der Waals surface area contributed by atoms with Crippen molar-refractivity contribution in [1.29, 1.82) is 0 Å². The Kier molecular flexibility index (Phi) is 2.97. The quantitative estimate of drug-likeness (QED) is 0.550. The highest BCUT2D eigenvalue weighted by Gasteiger charge is 2.15. The lowest BCUT2D eigenvalue weighted by Crippen LogP contribution is -1.84. The number of H-pyrrole nitrogens is 1. The monoisotopic (exact) mass is 288 g/mol. The normalized spacial score (nSPS) is 11.0. The number of hydrogen-bond acceptors (Lipinski definition) is 1. The molecule has 106 valence electrons. The molecule has 3 heteroatoms. The zero-order valence-electron chi connectivity index (χ0n) is 11.8. The third-order valence-electron chi connectivity index (χ3n) is 3.75. The van der Waals surface area contributed by atoms with Crippen LogP contribution in [0.1, 0.15) is 0 Å². The van der Waals surface area contributed by atoms with Crippen molar-refractivity contribution >= 4 is 10.8 Å². The predicted molar refractivity (Wildman–Crippen MR) is 86.9 cm³/mol. The second kappa shape index (κ2) is 5.11. The molecule has 0 saturated heterocycles. The fourth-order valence-electron chi connectivity index (χ4n) is 2.70. The van der Waals surface area contributed by atoms with E-state index < -0.39 is 5.95 Å². The SMILES string of the molecule is Fc1[nH]c(-c2ccccc2)nc1-c1cccc2ccccc12. The number of aromatic nitrogens is 2. The number of rotatable bonds is 2. The molecule has 2 nitrogen and oxygen atoms in total. The molecule has 3 aromatic carbocycles. The number of nitrogens with one attached hydrogen (secondary N) is 1. The maximum Gasteiger partial charge on any atom is 0.219 e. The minimum atomic E-state index is -0.407. The van der Waals surface area contributed by atoms with Crippen LogP contribution >= 0.6 is 0 Å². The number of hydrogen-bond donors (Lipinski definition) is 1. The van der Waals surface area contributed by atoms with Crippen LogP contribution in [-0.4, -0.2) is 9.97 Å². The van der Waals surface area contributed by atoms with Gasteiger partial charge in [-0.05, 0) is 10.8 Å². The number of aromatic amines is 1. The lowest BCUT2D eigenvalue weighted by atomic mass is 10.0. The first-order valence-corrected chi connectivity index (χ1v) is 7.12. The van der Waals surface area contributed by atoms with Crippen LogP contribution in [0.3, 0.4) is 0 Å². The van der Waals surface area contributed by atoms with Gasteiger partial charge in [-0.15, -0.1) is 0 Å². The summed E-state index contributed by atoms with van der Waals surface area (Å²) >= 11 is 0. The van der Waals surface area contributed by atoms with Crippen LogP contribution in [0.25, 0.3) is 33.4 Å². The zero-order chi connectivity index (χ0) is 14.9. The van der Waals surface area contributed by atoms with E-state index in [1.807, 2.05) is 72.8 Å². The molecule has 0 amide bonds. The van der Waals surface area contributed by atoms with E-state index in [2.05, 4.69) is 9.97 Å². The zero-order valence-corrected chi connectivity index (χ0v) is 11.8. The molecule has 1 N–H and O–H groups in total. The fraction of sp³-hybridized carbons (Fsp3) is 0. The summed E-state index contributed by atoms with van der Waals surface area (Å²) in [6, 6.07) is 23.3. The van der Waals surface area contributed by atoms with Crippen LogP contribution in [0.15, 0.2) is 72.8 Å². The maximum absolute atomic E-state index is 14.4. The summed E-state index contributed by atoms with van der Waals surface area (Å²) < 4.78 is 14.4. The van der Waals surface area contributed by atoms with E-state index in [-0.39, 0.29) is 0 Å². The molecule has 1 heterocycles. The van der Waals surface area contributed by atoms with Gasteiger partial charge in [0.1, 0.15) is 11.5 Å². The van der Waals surface area contributed by atoms with Crippen molar-refractivity contribution in [3.05, 3.63) is 78.7 Å². The van der Waals surface area contributed by atoms with Crippen LogP contribution in [0.5, 0.6) is 0 Å². The fourth-order valence-corrected chi connectivity index (χ4v) is 2.70. The number of fused-ring (bicyclic) bond motifs is 1. The molecule has 0 saturated carbocycles. The molecule has 0 aliphatic heterocycles. The lowest BCUT2D eigenvalue weighted by Gasteiger charge is -2.03. The Morgan fingerprint density at radius 1 is 0.773 bits per heavy atom. The van der Waals surface area contributed by atoms with Crippen LogP contribution in [-0.2, 0) is 0 Å². The molecule has 4 aromatic rings. The molecule has 22 heavy (non-hydrogen) atoms. The molecule has 0 radical (unpaired) electrons. The Hall–Kier alpha value is -2.94. The van der Waals surface area contributed by atoms with Crippen LogP contribution in [0.4, 0.5) is 4.39 Å². The third kappa shape index (κ3) is 2.07. The summed E-state index contributed by atoms with van der Waals surface area (Å²) in [6.45, 7) is 0. The molecular formula is C19H13FN2. The number of imidazole rings is 1. The van der Waals surface area contributed by atoms with Gasteiger partial charge >= 0.3 is 0 Å². The minimum Gasteiger partial charge on any atom is -0.314 e. The van der Waals surface area contributed by atoms with E-state index in [1.54, 1.807) is 0 Å². The molecule has 0 aliphatic rings. The number of benzene rings is 3. The first-order chi connectivity index (χ1) is 10.8. The summed E-state index contributed by atoms with van der Waals surface area (Å²) in [5, 5.41) is 2.07. The first-order valence-electron chi connectivity index (χ1n) is 7.12. The van der Waals surface area contributed by atoms with Crippen molar-refractivity contribution in [3.63, 3.8) is 0 Å². The van der Waals surface area contributed by atoms with Crippen LogP contribution in [0, 0.1) is 5.95 Å². The van der Waals surface area contributed by atoms with Crippen molar-refractivity contribution in [1.82, 2.24) is 9.97 Å². The van der Waals surface area contributed by atoms with Crippen molar-refractivity contribution in [3.8, 4) is 22.6 Å². The molecule has 0 fully saturated rings. The summed E-state index contributed by atoms with van der Waals surface area (Å²) in [7, 11) is 0. The van der Waals surface area contributed by atoms with E-state index >= 15 is 0 Å². The molecule has 0 unspecified atom stereocenters. The Balaban J connectivity index is 1.91. The molecule has 0 atom stereocenters. The lowest BCUT2D eigenvalue weighted by molar-refractivity contribution is 0.595. The van der Waals surface area contributed by atoms with Crippen LogP contribution < -0.4 is 0 Å². The van der Waals surface area contributed by atoms with Crippen molar-refractivity contribution in [2.45, 2.75) is 0 Å². The molecular weight excluding hydrogens is 275 g/mol. The molecule has 4 rings (SSSR count). The third-order valence-corrected chi connectivity index (χ3v) is 3.75. The molecule has 0 bridgehead atoms. The summed E-state index contributed by atoms with van der Waals surface area (Å²) in [5.74, 6) is 0.135. The first kappa shape index (κ1) is 12.8. The van der Waals surface area contributed by atoms with Gasteiger partial charge in [-0.3, -0.25) is 0 Å². The average Bonchev–Trinajstić information content (AvgIpc) is 2.97. The van der Waals surface area contributed by atoms with Gasteiger partial charge in [0.05, 0.1) is 0 Å². The van der Waals surface area contributed by atoms with Gasteiger partial charge in [0.2, 0.25) is 5.95 Å². The predicted octanol–water partition coefficient (Wildman–Crippen LogP) is 5.04. The van der Waals surface area contributed by atoms with Gasteiger partial charge in [-0.2, -0.15) is 4.39 Å².